The van der Waals surface area contributed by atoms with Gasteiger partial charge in [0, 0.05) is 22.3 Å². The summed E-state index contributed by atoms with van der Waals surface area (Å²) >= 11 is 11.9. The predicted molar refractivity (Wildman–Crippen MR) is 81.6 cm³/mol. The van der Waals surface area contributed by atoms with Crippen LogP contribution in [0, 0.1) is 6.92 Å². The lowest BCUT2D eigenvalue weighted by Crippen LogP contribution is -2.49. The van der Waals surface area contributed by atoms with Gasteiger partial charge in [-0.1, -0.05) is 23.2 Å². The summed E-state index contributed by atoms with van der Waals surface area (Å²) in [5, 5.41) is 15.5. The van der Waals surface area contributed by atoms with Gasteiger partial charge in [-0.15, -0.1) is 0 Å². The third-order valence-corrected chi connectivity index (χ3v) is 4.39. The van der Waals surface area contributed by atoms with E-state index in [2.05, 4.69) is 10.6 Å². The van der Waals surface area contributed by atoms with Gasteiger partial charge in [-0.2, -0.15) is 0 Å². The molecule has 0 unspecified atom stereocenters. The maximum absolute atomic E-state index is 11.8. The maximum atomic E-state index is 11.8. The number of anilines is 1. The summed E-state index contributed by atoms with van der Waals surface area (Å²) in [6.07, 6.45) is 2.20. The minimum atomic E-state index is -0.869. The van der Waals surface area contributed by atoms with Crippen LogP contribution in [-0.2, 0) is 9.59 Å². The Labute approximate surface area is 132 Å². The van der Waals surface area contributed by atoms with E-state index in [0.717, 1.165) is 6.42 Å². The molecule has 1 aromatic carbocycles. The molecule has 1 aliphatic rings. The maximum Gasteiger partial charge on any atom is 0.313 e. The van der Waals surface area contributed by atoms with Gasteiger partial charge in [-0.3, -0.25) is 9.59 Å². The van der Waals surface area contributed by atoms with E-state index < -0.39 is 17.4 Å². The lowest BCUT2D eigenvalue weighted by atomic mass is 9.80. The van der Waals surface area contributed by atoms with Crippen LogP contribution in [0.2, 0.25) is 10.0 Å². The van der Waals surface area contributed by atoms with Crippen molar-refractivity contribution in [3.63, 3.8) is 0 Å². The number of carbonyl (C=O) groups excluding carboxylic acids is 2. The predicted octanol–water partition coefficient (Wildman–Crippen LogP) is 2.27. The molecule has 0 bridgehead atoms. The van der Waals surface area contributed by atoms with Crippen molar-refractivity contribution in [2.24, 2.45) is 0 Å². The van der Waals surface area contributed by atoms with E-state index in [-0.39, 0.29) is 6.54 Å². The third kappa shape index (κ3) is 3.87. The summed E-state index contributed by atoms with van der Waals surface area (Å²) in [5.74, 6) is -1.63. The number of rotatable bonds is 3. The fourth-order valence-corrected chi connectivity index (χ4v) is 2.48. The topological polar surface area (TPSA) is 78.4 Å². The Hall–Kier alpha value is -1.30. The van der Waals surface area contributed by atoms with Crippen molar-refractivity contribution >= 4 is 40.7 Å². The first-order valence-electron chi connectivity index (χ1n) is 6.58. The van der Waals surface area contributed by atoms with Crippen molar-refractivity contribution in [3.8, 4) is 0 Å². The molecule has 0 aromatic heterocycles. The lowest BCUT2D eigenvalue weighted by molar-refractivity contribution is -0.137. The second-order valence-electron chi connectivity index (χ2n) is 5.28. The zero-order chi connectivity index (χ0) is 15.6. The molecule has 0 aliphatic heterocycles. The first-order chi connectivity index (χ1) is 9.81. The molecule has 1 aromatic rings. The monoisotopic (exact) mass is 330 g/mol. The Balaban J connectivity index is 1.93. The molecule has 7 heteroatoms. The fraction of sp³-hybridized carbons (Fsp3) is 0.429. The first kappa shape index (κ1) is 16.1. The summed E-state index contributed by atoms with van der Waals surface area (Å²) < 4.78 is 0. The van der Waals surface area contributed by atoms with E-state index in [1.807, 2.05) is 0 Å². The molecule has 0 atom stereocenters. The molecule has 1 saturated carbocycles. The van der Waals surface area contributed by atoms with Crippen molar-refractivity contribution in [3.05, 3.63) is 27.7 Å². The van der Waals surface area contributed by atoms with Gasteiger partial charge in [0.2, 0.25) is 0 Å². The van der Waals surface area contributed by atoms with Gasteiger partial charge in [0.1, 0.15) is 0 Å². The minimum Gasteiger partial charge on any atom is -0.388 e. The Bertz CT molecular complexity index is 563. The summed E-state index contributed by atoms with van der Waals surface area (Å²) in [4.78, 5) is 23.4. The summed E-state index contributed by atoms with van der Waals surface area (Å²) in [5.41, 5.74) is 0.179. The van der Waals surface area contributed by atoms with Crippen LogP contribution in [0.1, 0.15) is 24.8 Å². The largest absolute Gasteiger partial charge is 0.388 e. The average Bonchev–Trinajstić information content (AvgIpc) is 2.39. The minimum absolute atomic E-state index is 0.0780. The van der Waals surface area contributed by atoms with Crippen LogP contribution < -0.4 is 10.6 Å². The number of nitrogens with one attached hydrogen (secondary N) is 2. The number of benzene rings is 1. The van der Waals surface area contributed by atoms with E-state index in [4.69, 9.17) is 23.2 Å². The van der Waals surface area contributed by atoms with Crippen molar-refractivity contribution < 1.29 is 14.7 Å². The van der Waals surface area contributed by atoms with Gasteiger partial charge in [-0.05, 0) is 43.9 Å². The van der Waals surface area contributed by atoms with Crippen LogP contribution in [0.4, 0.5) is 5.69 Å². The molecule has 0 spiro atoms. The normalized spacial score (nSPS) is 16.0. The summed E-state index contributed by atoms with van der Waals surface area (Å²) in [6, 6.07) is 3.04. The number of amides is 2. The van der Waals surface area contributed by atoms with Crippen LogP contribution in [0.5, 0.6) is 0 Å². The molecular formula is C14H16Cl2N2O3. The van der Waals surface area contributed by atoms with Crippen LogP contribution in [0.3, 0.4) is 0 Å². The van der Waals surface area contributed by atoms with E-state index >= 15 is 0 Å². The van der Waals surface area contributed by atoms with Gasteiger partial charge in [0.15, 0.2) is 0 Å². The lowest BCUT2D eigenvalue weighted by Gasteiger charge is -2.36. The highest BCUT2D eigenvalue weighted by molar-refractivity contribution is 6.40. The number of halogens is 2. The highest BCUT2D eigenvalue weighted by Crippen LogP contribution is 2.30. The van der Waals surface area contributed by atoms with E-state index in [9.17, 15) is 14.7 Å². The molecule has 0 saturated heterocycles. The Morgan fingerprint density at radius 3 is 2.29 bits per heavy atom. The Morgan fingerprint density at radius 2 is 1.81 bits per heavy atom. The molecule has 2 amide bonds. The number of hydrogen-bond acceptors (Lipinski definition) is 3. The van der Waals surface area contributed by atoms with Crippen molar-refractivity contribution in [1.82, 2.24) is 5.32 Å². The van der Waals surface area contributed by atoms with E-state index in [0.29, 0.717) is 34.1 Å². The Morgan fingerprint density at radius 1 is 1.24 bits per heavy atom. The van der Waals surface area contributed by atoms with Gasteiger partial charge >= 0.3 is 11.8 Å². The molecule has 1 aliphatic carbocycles. The number of carbonyl (C=O) groups is 2. The van der Waals surface area contributed by atoms with Gasteiger partial charge in [-0.25, -0.2) is 0 Å². The van der Waals surface area contributed by atoms with Crippen molar-refractivity contribution in [2.45, 2.75) is 31.8 Å². The van der Waals surface area contributed by atoms with Crippen LogP contribution in [0.25, 0.3) is 0 Å². The van der Waals surface area contributed by atoms with Crippen LogP contribution in [-0.4, -0.2) is 29.1 Å². The second-order valence-corrected chi connectivity index (χ2v) is 6.09. The average molecular weight is 331 g/mol. The molecular weight excluding hydrogens is 315 g/mol. The molecule has 3 N–H and O–H groups in total. The van der Waals surface area contributed by atoms with Crippen LogP contribution >= 0.6 is 23.2 Å². The fourth-order valence-electron chi connectivity index (χ4n) is 1.99. The molecule has 2 rings (SSSR count). The molecule has 114 valence electrons. The van der Waals surface area contributed by atoms with Gasteiger partial charge < -0.3 is 15.7 Å². The van der Waals surface area contributed by atoms with E-state index in [1.54, 1.807) is 6.92 Å². The molecule has 1 fully saturated rings. The zero-order valence-electron chi connectivity index (χ0n) is 11.5. The molecule has 0 radical (unpaired) electrons. The highest BCUT2D eigenvalue weighted by Gasteiger charge is 2.35. The number of hydrogen-bond donors (Lipinski definition) is 3. The third-order valence-electron chi connectivity index (χ3n) is 3.61. The second kappa shape index (κ2) is 6.22. The SMILES string of the molecule is Cc1c(Cl)cc(NC(=O)C(=O)NCC2(O)CCC2)cc1Cl. The smallest absolute Gasteiger partial charge is 0.313 e. The van der Waals surface area contributed by atoms with Crippen molar-refractivity contribution in [2.75, 3.05) is 11.9 Å². The zero-order valence-corrected chi connectivity index (χ0v) is 13.0. The number of aliphatic hydroxyl groups is 1. The van der Waals surface area contributed by atoms with E-state index in [1.165, 1.54) is 12.1 Å². The summed E-state index contributed by atoms with van der Waals surface area (Å²) in [6.45, 7) is 1.83. The Kier molecular flexibility index (Phi) is 4.76. The quantitative estimate of drug-likeness (QED) is 0.744. The molecule has 0 heterocycles. The first-order valence-corrected chi connectivity index (χ1v) is 7.33. The standard InChI is InChI=1S/C14H16Cl2N2O3/c1-8-10(15)5-9(6-11(8)16)18-13(20)12(19)17-7-14(21)3-2-4-14/h5-6,21H,2-4,7H2,1H3,(H,17,19)(H,18,20). The van der Waals surface area contributed by atoms with Gasteiger partial charge in [0.25, 0.3) is 0 Å². The molecule has 21 heavy (non-hydrogen) atoms. The summed E-state index contributed by atoms with van der Waals surface area (Å²) in [7, 11) is 0. The van der Waals surface area contributed by atoms with Crippen molar-refractivity contribution in [1.29, 1.82) is 0 Å². The highest BCUT2D eigenvalue weighted by atomic mass is 35.5. The van der Waals surface area contributed by atoms with Gasteiger partial charge in [0.05, 0.1) is 5.60 Å². The molecule has 5 nitrogen and oxygen atoms in total. The van der Waals surface area contributed by atoms with Crippen LogP contribution in [0.15, 0.2) is 12.1 Å².